The van der Waals surface area contributed by atoms with Gasteiger partial charge in [0.2, 0.25) is 0 Å². The average molecular weight is 189 g/mol. The molecule has 14 heavy (non-hydrogen) atoms. The molecule has 0 aromatic carbocycles. The highest BCUT2D eigenvalue weighted by molar-refractivity contribution is 5.36. The molecule has 3 heteroatoms. The molecule has 1 heterocycles. The Bertz CT molecular complexity index is 321. The molecule has 0 radical (unpaired) electrons. The van der Waals surface area contributed by atoms with Crippen molar-refractivity contribution in [3.8, 4) is 0 Å². The Morgan fingerprint density at radius 1 is 1.43 bits per heavy atom. The quantitative estimate of drug-likeness (QED) is 0.726. The van der Waals surface area contributed by atoms with E-state index in [1.165, 1.54) is 0 Å². The highest BCUT2D eigenvalue weighted by Crippen LogP contribution is 2.26. The van der Waals surface area contributed by atoms with Crippen LogP contribution in [0.3, 0.4) is 0 Å². The number of hydrogen-bond donors (Lipinski definition) is 1. The Labute approximate surface area is 84.3 Å². The van der Waals surface area contributed by atoms with Gasteiger partial charge in [0, 0.05) is 11.7 Å². The molecule has 0 saturated heterocycles. The van der Waals surface area contributed by atoms with Gasteiger partial charge in [-0.3, -0.25) is 0 Å². The molecule has 0 spiro atoms. The first-order valence-electron chi connectivity index (χ1n) is 4.98. The predicted octanol–water partition coefficient (Wildman–Crippen LogP) is 2.39. The fraction of sp³-hybridized carbons (Fsp3) is 0.455. The van der Waals surface area contributed by atoms with Crippen molar-refractivity contribution in [2.24, 2.45) is 0 Å². The molecule has 0 bridgehead atoms. The second-order valence-electron chi connectivity index (χ2n) is 3.99. The summed E-state index contributed by atoms with van der Waals surface area (Å²) in [5, 5.41) is 3.45. The summed E-state index contributed by atoms with van der Waals surface area (Å²) in [6.07, 6.45) is 11.2. The van der Waals surface area contributed by atoms with Gasteiger partial charge in [-0.2, -0.15) is 0 Å². The zero-order chi connectivity index (χ0) is 9.86. The molecule has 1 aromatic rings. The number of hydrogen-bond acceptors (Lipinski definition) is 3. The minimum atomic E-state index is 0.156. The van der Waals surface area contributed by atoms with Gasteiger partial charge < -0.3 is 5.32 Å². The summed E-state index contributed by atoms with van der Waals surface area (Å²) >= 11 is 0. The highest BCUT2D eigenvalue weighted by Gasteiger charge is 2.24. The summed E-state index contributed by atoms with van der Waals surface area (Å²) in [5.41, 5.74) is 0.156. The topological polar surface area (TPSA) is 37.8 Å². The van der Waals surface area contributed by atoms with Gasteiger partial charge in [0.05, 0.1) is 0 Å². The van der Waals surface area contributed by atoms with Gasteiger partial charge in [0.15, 0.2) is 0 Å². The van der Waals surface area contributed by atoms with E-state index in [1.54, 1.807) is 12.5 Å². The molecule has 0 saturated carbocycles. The van der Waals surface area contributed by atoms with E-state index in [1.807, 2.05) is 6.07 Å². The second kappa shape index (κ2) is 3.78. The molecular weight excluding hydrogens is 174 g/mol. The molecule has 2 rings (SSSR count). The lowest BCUT2D eigenvalue weighted by molar-refractivity contribution is 0.464. The number of allylic oxidation sites excluding steroid dienone is 1. The van der Waals surface area contributed by atoms with Crippen LogP contribution in [0, 0.1) is 0 Å². The first kappa shape index (κ1) is 9.19. The Hall–Kier alpha value is -1.38. The Morgan fingerprint density at radius 3 is 3.00 bits per heavy atom. The SMILES string of the molecule is CC1(Nc2ccncn2)CC=CCC1. The summed E-state index contributed by atoms with van der Waals surface area (Å²) in [7, 11) is 0. The molecule has 1 aliphatic rings. The van der Waals surface area contributed by atoms with Crippen molar-refractivity contribution in [1.82, 2.24) is 9.97 Å². The van der Waals surface area contributed by atoms with Crippen LogP contribution in [-0.4, -0.2) is 15.5 Å². The summed E-state index contributed by atoms with van der Waals surface area (Å²) in [4.78, 5) is 8.07. The second-order valence-corrected chi connectivity index (χ2v) is 3.99. The van der Waals surface area contributed by atoms with Crippen molar-refractivity contribution in [1.29, 1.82) is 0 Å². The van der Waals surface area contributed by atoms with Crippen molar-refractivity contribution in [3.05, 3.63) is 30.7 Å². The number of nitrogens with zero attached hydrogens (tertiary/aromatic N) is 2. The fourth-order valence-electron chi connectivity index (χ4n) is 1.75. The van der Waals surface area contributed by atoms with E-state index in [-0.39, 0.29) is 5.54 Å². The van der Waals surface area contributed by atoms with Gasteiger partial charge >= 0.3 is 0 Å². The molecule has 0 fully saturated rings. The lowest BCUT2D eigenvalue weighted by atomic mass is 9.88. The Morgan fingerprint density at radius 2 is 2.36 bits per heavy atom. The van der Waals surface area contributed by atoms with Gasteiger partial charge in [0.25, 0.3) is 0 Å². The number of anilines is 1. The summed E-state index contributed by atoms with van der Waals surface area (Å²) in [6, 6.07) is 1.91. The molecule has 3 nitrogen and oxygen atoms in total. The highest BCUT2D eigenvalue weighted by atomic mass is 15.1. The smallest absolute Gasteiger partial charge is 0.129 e. The van der Waals surface area contributed by atoms with Crippen LogP contribution in [0.5, 0.6) is 0 Å². The number of rotatable bonds is 2. The summed E-state index contributed by atoms with van der Waals surface area (Å²) < 4.78 is 0. The standard InChI is InChI=1S/C11H15N3/c1-11(6-3-2-4-7-11)14-10-5-8-12-9-13-10/h2-3,5,8-9H,4,6-7H2,1H3,(H,12,13,14). The maximum atomic E-state index is 4.17. The van der Waals surface area contributed by atoms with Crippen LogP contribution in [0.4, 0.5) is 5.82 Å². The lowest BCUT2D eigenvalue weighted by Crippen LogP contribution is -2.35. The van der Waals surface area contributed by atoms with Crippen molar-refractivity contribution in [3.63, 3.8) is 0 Å². The maximum absolute atomic E-state index is 4.17. The van der Waals surface area contributed by atoms with Gasteiger partial charge in [0.1, 0.15) is 12.1 Å². The molecule has 1 atom stereocenters. The third-order valence-electron chi connectivity index (χ3n) is 2.61. The fourth-order valence-corrected chi connectivity index (χ4v) is 1.75. The average Bonchev–Trinajstić information content (AvgIpc) is 2.19. The van der Waals surface area contributed by atoms with Crippen molar-refractivity contribution >= 4 is 5.82 Å². The molecular formula is C11H15N3. The lowest BCUT2D eigenvalue weighted by Gasteiger charge is -2.32. The van der Waals surface area contributed by atoms with Crippen LogP contribution in [0.15, 0.2) is 30.7 Å². The van der Waals surface area contributed by atoms with E-state index >= 15 is 0 Å². The number of nitrogens with one attached hydrogen (secondary N) is 1. The Kier molecular flexibility index (Phi) is 2.48. The third-order valence-corrected chi connectivity index (χ3v) is 2.61. The van der Waals surface area contributed by atoms with Crippen LogP contribution in [0.25, 0.3) is 0 Å². The Balaban J connectivity index is 2.07. The first-order valence-corrected chi connectivity index (χ1v) is 4.98. The van der Waals surface area contributed by atoms with E-state index in [0.29, 0.717) is 0 Å². The van der Waals surface area contributed by atoms with Crippen LogP contribution in [0.2, 0.25) is 0 Å². The molecule has 1 unspecified atom stereocenters. The van der Waals surface area contributed by atoms with Crippen molar-refractivity contribution in [2.75, 3.05) is 5.32 Å². The minimum absolute atomic E-state index is 0.156. The summed E-state index contributed by atoms with van der Waals surface area (Å²) in [5.74, 6) is 0.915. The van der Waals surface area contributed by atoms with Crippen molar-refractivity contribution < 1.29 is 0 Å². The molecule has 0 aliphatic heterocycles. The van der Waals surface area contributed by atoms with Gasteiger partial charge in [-0.25, -0.2) is 9.97 Å². The zero-order valence-electron chi connectivity index (χ0n) is 8.40. The van der Waals surface area contributed by atoms with Crippen LogP contribution in [-0.2, 0) is 0 Å². The van der Waals surface area contributed by atoms with Crippen LogP contribution >= 0.6 is 0 Å². The molecule has 74 valence electrons. The molecule has 1 aliphatic carbocycles. The number of aromatic nitrogens is 2. The molecule has 0 amide bonds. The van der Waals surface area contributed by atoms with Crippen molar-refractivity contribution in [2.45, 2.75) is 31.7 Å². The van der Waals surface area contributed by atoms with Crippen LogP contribution in [0.1, 0.15) is 26.2 Å². The molecule has 1 aromatic heterocycles. The predicted molar refractivity (Wildman–Crippen MR) is 57.1 cm³/mol. The maximum Gasteiger partial charge on any atom is 0.129 e. The van der Waals surface area contributed by atoms with Gasteiger partial charge in [-0.05, 0) is 32.3 Å². The summed E-state index contributed by atoms with van der Waals surface area (Å²) in [6.45, 7) is 2.23. The zero-order valence-corrected chi connectivity index (χ0v) is 8.40. The minimum Gasteiger partial charge on any atom is -0.364 e. The largest absolute Gasteiger partial charge is 0.364 e. The van der Waals surface area contributed by atoms with Gasteiger partial charge in [-0.1, -0.05) is 12.2 Å². The van der Waals surface area contributed by atoms with Crippen LogP contribution < -0.4 is 5.32 Å². The monoisotopic (exact) mass is 189 g/mol. The van der Waals surface area contributed by atoms with E-state index in [2.05, 4.69) is 34.4 Å². The van der Waals surface area contributed by atoms with Gasteiger partial charge in [-0.15, -0.1) is 0 Å². The van der Waals surface area contributed by atoms with E-state index in [4.69, 9.17) is 0 Å². The normalized spacial score (nSPS) is 26.1. The van der Waals surface area contributed by atoms with E-state index < -0.39 is 0 Å². The van der Waals surface area contributed by atoms with E-state index in [0.717, 1.165) is 25.1 Å². The molecule has 1 N–H and O–H groups in total. The van der Waals surface area contributed by atoms with E-state index in [9.17, 15) is 0 Å². The first-order chi connectivity index (χ1) is 6.79. The third kappa shape index (κ3) is 2.10.